The largest absolute Gasteiger partial charge is 0.340 e. The molecule has 0 radical (unpaired) electrons. The summed E-state index contributed by atoms with van der Waals surface area (Å²) in [7, 11) is 0. The predicted molar refractivity (Wildman–Crippen MR) is 110 cm³/mol. The van der Waals surface area contributed by atoms with Gasteiger partial charge in [0.2, 0.25) is 5.91 Å². The molecule has 1 aromatic rings. The number of benzene rings is 1. The maximum atomic E-state index is 13.1. The van der Waals surface area contributed by atoms with Crippen molar-refractivity contribution in [3.05, 3.63) is 34.6 Å². The summed E-state index contributed by atoms with van der Waals surface area (Å²) in [5.41, 5.74) is 6.39. The topological polar surface area (TPSA) is 49.6 Å². The number of amides is 1. The number of carbonyl (C=O) groups is 1. The van der Waals surface area contributed by atoms with Gasteiger partial charge in [-0.2, -0.15) is 0 Å². The van der Waals surface area contributed by atoms with Crippen molar-refractivity contribution in [2.45, 2.75) is 38.6 Å². The average Bonchev–Trinajstić information content (AvgIpc) is 2.57. The van der Waals surface area contributed by atoms with E-state index in [1.54, 1.807) is 6.07 Å². The molecule has 1 heterocycles. The molecular weight excluding hydrogens is 400 g/mol. The van der Waals surface area contributed by atoms with E-state index in [0.29, 0.717) is 18.0 Å². The van der Waals surface area contributed by atoms with Crippen LogP contribution in [0.1, 0.15) is 37.7 Å². The number of hydrogen-bond donors (Lipinski definition) is 1. The Morgan fingerprint density at radius 1 is 1.08 bits per heavy atom. The van der Waals surface area contributed by atoms with E-state index in [4.69, 9.17) is 17.3 Å². The van der Waals surface area contributed by atoms with E-state index in [1.807, 2.05) is 4.90 Å². The van der Waals surface area contributed by atoms with Gasteiger partial charge < -0.3 is 10.6 Å². The molecule has 4 nitrogen and oxygen atoms in total. The first-order chi connectivity index (χ1) is 11.6. The van der Waals surface area contributed by atoms with Crippen LogP contribution in [-0.4, -0.2) is 48.4 Å². The van der Waals surface area contributed by atoms with E-state index < -0.39 is 0 Å². The molecule has 1 saturated heterocycles. The summed E-state index contributed by atoms with van der Waals surface area (Å²) in [6.45, 7) is 4.58. The third-order valence-electron chi connectivity index (χ3n) is 4.48. The minimum Gasteiger partial charge on any atom is -0.340 e. The molecule has 2 rings (SSSR count). The monoisotopic (exact) mass is 427 g/mol. The maximum absolute atomic E-state index is 13.1. The first-order valence-electron chi connectivity index (χ1n) is 8.74. The highest BCUT2D eigenvalue weighted by molar-refractivity contribution is 6.31. The summed E-state index contributed by atoms with van der Waals surface area (Å²) < 4.78 is 13.1. The number of unbranched alkanes of at least 4 members (excludes halogenated alkanes) is 3. The normalized spacial score (nSPS) is 14.5. The lowest BCUT2D eigenvalue weighted by Gasteiger charge is -2.35. The zero-order valence-electron chi connectivity index (χ0n) is 15.0. The van der Waals surface area contributed by atoms with Crippen LogP contribution in [0.2, 0.25) is 5.02 Å². The summed E-state index contributed by atoms with van der Waals surface area (Å²) in [5, 5.41) is 0.464. The summed E-state index contributed by atoms with van der Waals surface area (Å²) in [6, 6.07) is 4.52. The van der Waals surface area contributed by atoms with Crippen LogP contribution in [0.3, 0.4) is 0 Å². The molecule has 0 atom stereocenters. The number of carbonyl (C=O) groups excluding carboxylic acids is 1. The Morgan fingerprint density at radius 2 is 1.73 bits per heavy atom. The fourth-order valence-corrected chi connectivity index (χ4v) is 3.21. The maximum Gasteiger partial charge on any atom is 0.222 e. The van der Waals surface area contributed by atoms with Gasteiger partial charge in [0.15, 0.2) is 0 Å². The Kier molecular flexibility index (Phi) is 13.3. The number of nitrogens with two attached hydrogens (primary N) is 1. The molecule has 1 aliphatic heterocycles. The van der Waals surface area contributed by atoms with E-state index in [0.717, 1.165) is 64.0 Å². The van der Waals surface area contributed by atoms with Gasteiger partial charge in [-0.3, -0.25) is 9.69 Å². The van der Waals surface area contributed by atoms with Crippen molar-refractivity contribution in [3.63, 3.8) is 0 Å². The number of rotatable bonds is 8. The standard InChI is InChI=1S/C18H27ClFN3O.2ClH/c19-17-13-16(20)7-6-15(17)14-22-9-11-23(12-10-22)18(24)5-3-1-2-4-8-21;;/h6-7,13H,1-5,8-12,14,21H2;2*1H. The summed E-state index contributed by atoms with van der Waals surface area (Å²) in [4.78, 5) is 16.4. The van der Waals surface area contributed by atoms with Crippen LogP contribution < -0.4 is 5.73 Å². The second-order valence-corrected chi connectivity index (χ2v) is 6.75. The van der Waals surface area contributed by atoms with Crippen molar-refractivity contribution in [1.82, 2.24) is 9.80 Å². The molecule has 8 heteroatoms. The molecule has 0 unspecified atom stereocenters. The predicted octanol–water partition coefficient (Wildman–Crippen LogP) is 3.88. The Labute approximate surface area is 173 Å². The van der Waals surface area contributed by atoms with Gasteiger partial charge in [-0.05, 0) is 37.1 Å². The summed E-state index contributed by atoms with van der Waals surface area (Å²) >= 11 is 6.08. The highest BCUT2D eigenvalue weighted by Crippen LogP contribution is 2.20. The Morgan fingerprint density at radius 3 is 2.35 bits per heavy atom. The SMILES string of the molecule is Cl.Cl.NCCCCCCC(=O)N1CCN(Cc2ccc(F)cc2Cl)CC1. The minimum atomic E-state index is -0.314. The van der Waals surface area contributed by atoms with Crippen molar-refractivity contribution < 1.29 is 9.18 Å². The van der Waals surface area contributed by atoms with Crippen LogP contribution in [-0.2, 0) is 11.3 Å². The molecular formula is C18H29Cl3FN3O. The molecule has 1 aliphatic rings. The third kappa shape index (κ3) is 8.40. The van der Waals surface area contributed by atoms with Crippen LogP contribution in [0.4, 0.5) is 4.39 Å². The van der Waals surface area contributed by atoms with Crippen LogP contribution >= 0.6 is 36.4 Å². The highest BCUT2D eigenvalue weighted by atomic mass is 35.5. The van der Waals surface area contributed by atoms with Gasteiger partial charge >= 0.3 is 0 Å². The van der Waals surface area contributed by atoms with Crippen LogP contribution in [0.25, 0.3) is 0 Å². The molecule has 0 aromatic heterocycles. The quantitative estimate of drug-likeness (QED) is 0.639. The molecule has 0 aliphatic carbocycles. The Balaban J connectivity index is 0.00000312. The van der Waals surface area contributed by atoms with Crippen molar-refractivity contribution >= 4 is 42.3 Å². The molecule has 0 bridgehead atoms. The summed E-state index contributed by atoms with van der Waals surface area (Å²) in [5.74, 6) is -0.0622. The molecule has 1 fully saturated rings. The van der Waals surface area contributed by atoms with E-state index in [-0.39, 0.29) is 36.5 Å². The fourth-order valence-electron chi connectivity index (χ4n) is 2.98. The van der Waals surface area contributed by atoms with Crippen molar-refractivity contribution in [2.24, 2.45) is 5.73 Å². The van der Waals surface area contributed by atoms with E-state index in [2.05, 4.69) is 4.90 Å². The molecule has 0 saturated carbocycles. The van der Waals surface area contributed by atoms with Gasteiger partial charge in [-0.1, -0.05) is 30.5 Å². The zero-order valence-corrected chi connectivity index (χ0v) is 17.4. The Hall–Kier alpha value is -0.590. The van der Waals surface area contributed by atoms with Gasteiger partial charge in [-0.15, -0.1) is 24.8 Å². The smallest absolute Gasteiger partial charge is 0.222 e. The summed E-state index contributed by atoms with van der Waals surface area (Å²) in [6.07, 6.45) is 4.80. The number of halogens is 4. The van der Waals surface area contributed by atoms with E-state index in [9.17, 15) is 9.18 Å². The lowest BCUT2D eigenvalue weighted by atomic mass is 10.1. The molecule has 0 spiro atoms. The van der Waals surface area contributed by atoms with Crippen molar-refractivity contribution in [3.8, 4) is 0 Å². The first kappa shape index (κ1) is 25.4. The molecule has 2 N–H and O–H groups in total. The third-order valence-corrected chi connectivity index (χ3v) is 4.83. The number of hydrogen-bond acceptors (Lipinski definition) is 3. The van der Waals surface area contributed by atoms with E-state index >= 15 is 0 Å². The number of nitrogens with zero attached hydrogens (tertiary/aromatic N) is 2. The van der Waals surface area contributed by atoms with Crippen LogP contribution in [0.5, 0.6) is 0 Å². The minimum absolute atomic E-state index is 0. The van der Waals surface area contributed by atoms with Crippen molar-refractivity contribution in [2.75, 3.05) is 32.7 Å². The van der Waals surface area contributed by atoms with Gasteiger partial charge in [0.05, 0.1) is 0 Å². The Bertz CT molecular complexity index is 540. The average molecular weight is 429 g/mol. The van der Waals surface area contributed by atoms with Gasteiger partial charge in [0.25, 0.3) is 0 Å². The van der Waals surface area contributed by atoms with Crippen LogP contribution in [0, 0.1) is 5.82 Å². The van der Waals surface area contributed by atoms with Gasteiger partial charge in [-0.25, -0.2) is 4.39 Å². The van der Waals surface area contributed by atoms with Crippen LogP contribution in [0.15, 0.2) is 18.2 Å². The molecule has 150 valence electrons. The second kappa shape index (κ2) is 13.6. The lowest BCUT2D eigenvalue weighted by Crippen LogP contribution is -2.48. The van der Waals surface area contributed by atoms with Gasteiger partial charge in [0, 0.05) is 44.2 Å². The van der Waals surface area contributed by atoms with Crippen molar-refractivity contribution in [1.29, 1.82) is 0 Å². The molecule has 1 aromatic carbocycles. The zero-order chi connectivity index (χ0) is 17.4. The van der Waals surface area contributed by atoms with E-state index in [1.165, 1.54) is 12.1 Å². The lowest BCUT2D eigenvalue weighted by molar-refractivity contribution is -0.133. The number of piperazine rings is 1. The molecule has 26 heavy (non-hydrogen) atoms. The highest BCUT2D eigenvalue weighted by Gasteiger charge is 2.21. The fraction of sp³-hybridized carbons (Fsp3) is 0.611. The first-order valence-corrected chi connectivity index (χ1v) is 9.12. The second-order valence-electron chi connectivity index (χ2n) is 6.35. The van der Waals surface area contributed by atoms with Gasteiger partial charge in [0.1, 0.15) is 5.82 Å². The molecule has 1 amide bonds.